The van der Waals surface area contributed by atoms with Gasteiger partial charge in [0.25, 0.3) is 5.78 Å². The number of rotatable bonds is 16. The molecule has 5 nitrogen and oxygen atoms in total. The maximum atomic E-state index is 11.3. The predicted octanol–water partition coefficient (Wildman–Crippen LogP) is 3.87. The highest BCUT2D eigenvalue weighted by Crippen LogP contribution is 2.12. The van der Waals surface area contributed by atoms with E-state index >= 15 is 0 Å². The second-order valence-corrected chi connectivity index (χ2v) is 6.03. The Kier molecular flexibility index (Phi) is 13.2. The molecule has 0 bridgehead atoms. The zero-order valence-corrected chi connectivity index (χ0v) is 14.3. The van der Waals surface area contributed by atoms with E-state index in [0.717, 1.165) is 19.3 Å². The lowest BCUT2D eigenvalue weighted by Crippen LogP contribution is -2.29. The standard InChI is InChI=1S/C18H30O5/c1-2-3-4-5-6-7-8-9-10-11-12-13-14-15(19)16(20)17(21)18(22)23/h2-14H2,1H3,(H,22,23). The van der Waals surface area contributed by atoms with Crippen LogP contribution in [-0.4, -0.2) is 28.4 Å². The van der Waals surface area contributed by atoms with Gasteiger partial charge < -0.3 is 5.11 Å². The predicted molar refractivity (Wildman–Crippen MR) is 88.4 cm³/mol. The van der Waals surface area contributed by atoms with Crippen LogP contribution in [0.5, 0.6) is 0 Å². The average Bonchev–Trinajstić information content (AvgIpc) is 2.54. The lowest BCUT2D eigenvalue weighted by molar-refractivity contribution is -0.155. The van der Waals surface area contributed by atoms with Crippen molar-refractivity contribution in [2.75, 3.05) is 0 Å². The summed E-state index contributed by atoms with van der Waals surface area (Å²) in [5.41, 5.74) is 0. The average molecular weight is 326 g/mol. The second kappa shape index (κ2) is 14.1. The number of aliphatic carboxylic acids is 1. The molecule has 0 unspecified atom stereocenters. The van der Waals surface area contributed by atoms with E-state index in [1.807, 2.05) is 0 Å². The molecule has 0 heterocycles. The number of carboxylic acid groups (broad SMARTS) is 1. The number of carboxylic acids is 1. The molecule has 0 aliphatic carbocycles. The minimum absolute atomic E-state index is 0.0325. The fraction of sp³-hybridized carbons (Fsp3) is 0.778. The van der Waals surface area contributed by atoms with Gasteiger partial charge in [-0.05, 0) is 6.42 Å². The normalized spacial score (nSPS) is 10.5. The molecule has 0 saturated carbocycles. The van der Waals surface area contributed by atoms with Crippen molar-refractivity contribution < 1.29 is 24.3 Å². The molecule has 132 valence electrons. The van der Waals surface area contributed by atoms with Crippen LogP contribution in [0.25, 0.3) is 0 Å². The maximum Gasteiger partial charge on any atom is 0.380 e. The molecule has 1 N–H and O–H groups in total. The first kappa shape index (κ1) is 21.5. The molecule has 0 aliphatic heterocycles. The van der Waals surface area contributed by atoms with Gasteiger partial charge >= 0.3 is 11.8 Å². The summed E-state index contributed by atoms with van der Waals surface area (Å²) in [5.74, 6) is -5.78. The fourth-order valence-electron chi connectivity index (χ4n) is 2.46. The molecule has 0 aliphatic rings. The van der Waals surface area contributed by atoms with Gasteiger partial charge in [0.05, 0.1) is 0 Å². The molecule has 0 radical (unpaired) electrons. The summed E-state index contributed by atoms with van der Waals surface area (Å²) in [4.78, 5) is 43.6. The Labute approximate surface area is 138 Å². The van der Waals surface area contributed by atoms with Crippen molar-refractivity contribution in [3.63, 3.8) is 0 Å². The van der Waals surface area contributed by atoms with Gasteiger partial charge in [-0.1, -0.05) is 77.6 Å². The van der Waals surface area contributed by atoms with Crippen LogP contribution >= 0.6 is 0 Å². The van der Waals surface area contributed by atoms with E-state index in [0.29, 0.717) is 6.42 Å². The summed E-state index contributed by atoms with van der Waals surface area (Å²) in [6.07, 6.45) is 13.8. The van der Waals surface area contributed by atoms with Gasteiger partial charge in [0.1, 0.15) is 0 Å². The summed E-state index contributed by atoms with van der Waals surface area (Å²) in [5, 5.41) is 8.35. The van der Waals surface area contributed by atoms with Crippen LogP contribution < -0.4 is 0 Å². The molecule has 23 heavy (non-hydrogen) atoms. The van der Waals surface area contributed by atoms with E-state index < -0.39 is 23.3 Å². The van der Waals surface area contributed by atoms with Crippen molar-refractivity contribution in [2.24, 2.45) is 0 Å². The summed E-state index contributed by atoms with van der Waals surface area (Å²) in [7, 11) is 0. The van der Waals surface area contributed by atoms with E-state index in [9.17, 15) is 19.2 Å². The Morgan fingerprint density at radius 3 is 1.39 bits per heavy atom. The lowest BCUT2D eigenvalue weighted by atomic mass is 10.0. The Morgan fingerprint density at radius 1 is 0.609 bits per heavy atom. The van der Waals surface area contributed by atoms with E-state index in [-0.39, 0.29) is 6.42 Å². The van der Waals surface area contributed by atoms with Crippen molar-refractivity contribution in [3.8, 4) is 0 Å². The highest BCUT2D eigenvalue weighted by molar-refractivity contribution is 6.76. The second-order valence-electron chi connectivity index (χ2n) is 6.03. The van der Waals surface area contributed by atoms with Gasteiger partial charge in [0.15, 0.2) is 0 Å². The van der Waals surface area contributed by atoms with Gasteiger partial charge in [-0.15, -0.1) is 0 Å². The van der Waals surface area contributed by atoms with E-state index in [1.54, 1.807) is 0 Å². The number of Topliss-reactive ketones (excluding diaryl/α,β-unsaturated/α-hetero) is 3. The molecular formula is C18H30O5. The first-order valence-electron chi connectivity index (χ1n) is 8.85. The smallest absolute Gasteiger partial charge is 0.380 e. The lowest BCUT2D eigenvalue weighted by Gasteiger charge is -2.02. The molecule has 0 spiro atoms. The fourth-order valence-corrected chi connectivity index (χ4v) is 2.46. The van der Waals surface area contributed by atoms with Gasteiger partial charge in [-0.3, -0.25) is 14.4 Å². The third-order valence-corrected chi connectivity index (χ3v) is 3.91. The van der Waals surface area contributed by atoms with Gasteiger partial charge in [-0.2, -0.15) is 0 Å². The molecule has 0 amide bonds. The molecule has 0 aromatic heterocycles. The van der Waals surface area contributed by atoms with Crippen LogP contribution in [0, 0.1) is 0 Å². The summed E-state index contributed by atoms with van der Waals surface area (Å²) < 4.78 is 0. The van der Waals surface area contributed by atoms with E-state index in [2.05, 4.69) is 6.92 Å². The third-order valence-electron chi connectivity index (χ3n) is 3.91. The third kappa shape index (κ3) is 11.7. The minimum atomic E-state index is -1.86. The van der Waals surface area contributed by atoms with Crippen LogP contribution in [0.1, 0.15) is 90.4 Å². The Bertz CT molecular complexity index is 387. The Balaban J connectivity index is 3.42. The molecule has 0 fully saturated rings. The quantitative estimate of drug-likeness (QED) is 0.264. The zero-order chi connectivity index (χ0) is 17.5. The molecule has 0 atom stereocenters. The number of unbranched alkanes of at least 4 members (excludes halogenated alkanes) is 11. The van der Waals surface area contributed by atoms with E-state index in [4.69, 9.17) is 5.11 Å². The summed E-state index contributed by atoms with van der Waals surface area (Å²) in [6.45, 7) is 2.22. The molecule has 0 aromatic rings. The SMILES string of the molecule is CCCCCCCCCCCCCCC(=O)C(=O)C(=O)C(=O)O. The summed E-state index contributed by atoms with van der Waals surface area (Å²) in [6, 6.07) is 0. The number of carbonyl (C=O) groups is 4. The minimum Gasteiger partial charge on any atom is -0.475 e. The maximum absolute atomic E-state index is 11.3. The van der Waals surface area contributed by atoms with Crippen molar-refractivity contribution in [3.05, 3.63) is 0 Å². The van der Waals surface area contributed by atoms with Crippen molar-refractivity contribution in [1.82, 2.24) is 0 Å². The van der Waals surface area contributed by atoms with Crippen LogP contribution in [0.3, 0.4) is 0 Å². The van der Waals surface area contributed by atoms with Crippen LogP contribution in [0.2, 0.25) is 0 Å². The molecule has 5 heteroatoms. The first-order valence-corrected chi connectivity index (χ1v) is 8.85. The van der Waals surface area contributed by atoms with Crippen molar-refractivity contribution in [2.45, 2.75) is 90.4 Å². The topological polar surface area (TPSA) is 88.5 Å². The van der Waals surface area contributed by atoms with Crippen molar-refractivity contribution in [1.29, 1.82) is 0 Å². The van der Waals surface area contributed by atoms with Gasteiger partial charge in [-0.25, -0.2) is 4.79 Å². The van der Waals surface area contributed by atoms with E-state index in [1.165, 1.54) is 51.4 Å². The Morgan fingerprint density at radius 2 is 1.00 bits per heavy atom. The molecular weight excluding hydrogens is 296 g/mol. The number of hydrogen-bond acceptors (Lipinski definition) is 4. The van der Waals surface area contributed by atoms with Crippen LogP contribution in [-0.2, 0) is 19.2 Å². The summed E-state index contributed by atoms with van der Waals surface area (Å²) >= 11 is 0. The van der Waals surface area contributed by atoms with Gasteiger partial charge in [0, 0.05) is 6.42 Å². The number of hydrogen-bond donors (Lipinski definition) is 1. The monoisotopic (exact) mass is 326 g/mol. The highest BCUT2D eigenvalue weighted by atomic mass is 16.4. The highest BCUT2D eigenvalue weighted by Gasteiger charge is 2.27. The Hall–Kier alpha value is -1.52. The molecule has 0 rings (SSSR count). The first-order chi connectivity index (χ1) is 11.0. The van der Waals surface area contributed by atoms with Crippen LogP contribution in [0.4, 0.5) is 0 Å². The molecule has 0 saturated heterocycles. The largest absolute Gasteiger partial charge is 0.475 e. The number of ketones is 3. The zero-order valence-electron chi connectivity index (χ0n) is 14.3. The number of carbonyl (C=O) groups excluding carboxylic acids is 3. The van der Waals surface area contributed by atoms with Gasteiger partial charge in [0.2, 0.25) is 5.78 Å². The van der Waals surface area contributed by atoms with Crippen LogP contribution in [0.15, 0.2) is 0 Å². The molecule has 0 aromatic carbocycles. The van der Waals surface area contributed by atoms with Crippen molar-refractivity contribution >= 4 is 23.3 Å².